The van der Waals surface area contributed by atoms with Gasteiger partial charge in [0, 0.05) is 53.9 Å². The zero-order valence-electron chi connectivity index (χ0n) is 19.6. The van der Waals surface area contributed by atoms with E-state index in [0.717, 1.165) is 39.0 Å². The van der Waals surface area contributed by atoms with Crippen molar-refractivity contribution in [3.63, 3.8) is 0 Å². The predicted octanol–water partition coefficient (Wildman–Crippen LogP) is 4.43. The van der Waals surface area contributed by atoms with Gasteiger partial charge in [0.2, 0.25) is 11.8 Å². The molecule has 0 aliphatic carbocycles. The van der Waals surface area contributed by atoms with Crippen LogP contribution in [-0.4, -0.2) is 46.6 Å². The monoisotopic (exact) mass is 475 g/mol. The maximum Gasteiger partial charge on any atom is 0.227 e. The molecule has 1 N–H and O–H groups in total. The highest BCUT2D eigenvalue weighted by molar-refractivity contribution is 5.84. The van der Waals surface area contributed by atoms with Crippen LogP contribution in [0.2, 0.25) is 0 Å². The summed E-state index contributed by atoms with van der Waals surface area (Å²) in [6.45, 7) is 0. The van der Waals surface area contributed by atoms with Crippen molar-refractivity contribution in [2.24, 2.45) is 7.05 Å². The molecular formula is C26H21N9O. The molecule has 6 aromatic rings. The number of ether oxygens (including phenoxy) is 1. The van der Waals surface area contributed by atoms with E-state index in [1.54, 1.807) is 35.1 Å². The number of nitrogens with zero attached hydrogens (tertiary/aromatic N) is 8. The minimum atomic E-state index is 0.522. The summed E-state index contributed by atoms with van der Waals surface area (Å²) in [5.41, 5.74) is 5.51. The Labute approximate surface area is 206 Å². The largest absolute Gasteiger partial charge is 0.481 e. The fourth-order valence-electron chi connectivity index (χ4n) is 3.81. The Kier molecular flexibility index (Phi) is 5.30. The molecule has 0 saturated carbocycles. The van der Waals surface area contributed by atoms with Gasteiger partial charge in [-0.2, -0.15) is 5.10 Å². The lowest BCUT2D eigenvalue weighted by Crippen LogP contribution is -1.99. The third-order valence-electron chi connectivity index (χ3n) is 5.70. The van der Waals surface area contributed by atoms with E-state index in [2.05, 4.69) is 36.5 Å². The standard InChI is InChI=1S/C26H21N9O/c1-34-15-20(14-30-34)17-3-4-18-12-28-26(32-23(18)11-17)31-21-6-8-22(9-7-21)35-16-29-25(33-35)19-5-10-24(36-2)27-13-19/h3-16H,1-2H3,(H,28,31,32). The Balaban J connectivity index is 1.20. The van der Waals surface area contributed by atoms with Gasteiger partial charge in [-0.25, -0.2) is 24.6 Å². The molecule has 0 atom stereocenters. The van der Waals surface area contributed by atoms with Crippen LogP contribution in [0.5, 0.6) is 5.88 Å². The predicted molar refractivity (Wildman–Crippen MR) is 136 cm³/mol. The van der Waals surface area contributed by atoms with Crippen molar-refractivity contribution in [2.75, 3.05) is 12.4 Å². The zero-order chi connectivity index (χ0) is 24.5. The van der Waals surface area contributed by atoms with Gasteiger partial charge >= 0.3 is 0 Å². The molecule has 0 radical (unpaired) electrons. The van der Waals surface area contributed by atoms with Crippen molar-refractivity contribution in [1.29, 1.82) is 0 Å². The summed E-state index contributed by atoms with van der Waals surface area (Å²) in [6.07, 6.45) is 9.00. The van der Waals surface area contributed by atoms with Crippen LogP contribution >= 0.6 is 0 Å². The Morgan fingerprint density at radius 2 is 1.69 bits per heavy atom. The summed E-state index contributed by atoms with van der Waals surface area (Å²) < 4.78 is 8.61. The number of rotatable bonds is 6. The molecule has 0 bridgehead atoms. The number of pyridine rings is 1. The Bertz CT molecular complexity index is 1650. The molecule has 10 heteroatoms. The van der Waals surface area contributed by atoms with Crippen molar-refractivity contribution in [3.8, 4) is 34.1 Å². The molecule has 0 aliphatic rings. The van der Waals surface area contributed by atoms with E-state index >= 15 is 0 Å². The maximum atomic E-state index is 5.10. The summed E-state index contributed by atoms with van der Waals surface area (Å²) in [5.74, 6) is 1.65. The third-order valence-corrected chi connectivity index (χ3v) is 5.70. The average molecular weight is 476 g/mol. The van der Waals surface area contributed by atoms with Gasteiger partial charge in [0.15, 0.2) is 5.82 Å². The first kappa shape index (κ1) is 21.4. The van der Waals surface area contributed by atoms with Gasteiger partial charge in [0.05, 0.1) is 24.5 Å². The second-order valence-corrected chi connectivity index (χ2v) is 8.14. The van der Waals surface area contributed by atoms with Gasteiger partial charge in [-0.05, 0) is 42.0 Å². The van der Waals surface area contributed by atoms with Crippen LogP contribution < -0.4 is 10.1 Å². The SMILES string of the molecule is COc1ccc(-c2ncn(-c3ccc(Nc4ncc5ccc(-c6cnn(C)c6)cc5n4)cc3)n2)cn1. The van der Waals surface area contributed by atoms with Gasteiger partial charge in [-0.3, -0.25) is 4.68 Å². The molecule has 36 heavy (non-hydrogen) atoms. The minimum absolute atomic E-state index is 0.522. The van der Waals surface area contributed by atoms with Crippen molar-refractivity contribution in [1.82, 2.24) is 39.5 Å². The molecule has 0 aliphatic heterocycles. The second kappa shape index (κ2) is 8.91. The highest BCUT2D eigenvalue weighted by Gasteiger charge is 2.08. The first-order valence-electron chi connectivity index (χ1n) is 11.2. The van der Waals surface area contributed by atoms with E-state index in [1.165, 1.54) is 0 Å². The average Bonchev–Trinajstić information content (AvgIpc) is 3.59. The van der Waals surface area contributed by atoms with Crippen LogP contribution in [0.1, 0.15) is 0 Å². The summed E-state index contributed by atoms with van der Waals surface area (Å²) >= 11 is 0. The Morgan fingerprint density at radius 3 is 2.44 bits per heavy atom. The minimum Gasteiger partial charge on any atom is -0.481 e. The molecule has 0 saturated heterocycles. The summed E-state index contributed by atoms with van der Waals surface area (Å²) in [7, 11) is 3.49. The van der Waals surface area contributed by atoms with Crippen molar-refractivity contribution in [3.05, 3.63) is 85.7 Å². The first-order chi connectivity index (χ1) is 17.6. The lowest BCUT2D eigenvalue weighted by atomic mass is 10.1. The lowest BCUT2D eigenvalue weighted by molar-refractivity contribution is 0.398. The topological polar surface area (TPSA) is 108 Å². The Morgan fingerprint density at radius 1 is 0.833 bits per heavy atom. The molecule has 4 aromatic heterocycles. The van der Waals surface area contributed by atoms with E-state index < -0.39 is 0 Å². The van der Waals surface area contributed by atoms with Crippen LogP contribution in [-0.2, 0) is 7.05 Å². The number of aromatic nitrogens is 8. The van der Waals surface area contributed by atoms with E-state index in [1.807, 2.05) is 68.1 Å². The molecule has 0 amide bonds. The highest BCUT2D eigenvalue weighted by atomic mass is 16.5. The first-order valence-corrected chi connectivity index (χ1v) is 11.2. The zero-order valence-corrected chi connectivity index (χ0v) is 19.6. The van der Waals surface area contributed by atoms with Crippen LogP contribution in [0.15, 0.2) is 85.7 Å². The fraction of sp³-hybridized carbons (Fsp3) is 0.0769. The third kappa shape index (κ3) is 4.23. The number of hydrogen-bond acceptors (Lipinski definition) is 8. The molecule has 4 heterocycles. The molecule has 176 valence electrons. The van der Waals surface area contributed by atoms with Gasteiger partial charge in [0.1, 0.15) is 6.33 Å². The quantitative estimate of drug-likeness (QED) is 0.377. The van der Waals surface area contributed by atoms with Gasteiger partial charge in [-0.1, -0.05) is 12.1 Å². The van der Waals surface area contributed by atoms with E-state index in [-0.39, 0.29) is 0 Å². The number of benzene rings is 2. The molecule has 0 fully saturated rings. The number of nitrogens with one attached hydrogen (secondary N) is 1. The lowest BCUT2D eigenvalue weighted by Gasteiger charge is -2.08. The number of hydrogen-bond donors (Lipinski definition) is 1. The van der Waals surface area contributed by atoms with Gasteiger partial charge < -0.3 is 10.1 Å². The molecule has 0 spiro atoms. The van der Waals surface area contributed by atoms with Gasteiger partial charge in [0.25, 0.3) is 0 Å². The van der Waals surface area contributed by atoms with Crippen LogP contribution in [0.4, 0.5) is 11.6 Å². The number of methoxy groups -OCH3 is 1. The van der Waals surface area contributed by atoms with Crippen LogP contribution in [0, 0.1) is 0 Å². The van der Waals surface area contributed by atoms with Gasteiger partial charge in [-0.15, -0.1) is 5.10 Å². The normalized spacial score (nSPS) is 11.1. The smallest absolute Gasteiger partial charge is 0.227 e. The summed E-state index contributed by atoms with van der Waals surface area (Å²) in [6, 6.07) is 17.6. The molecule has 6 rings (SSSR count). The Hall–Kier alpha value is -5.12. The molecular weight excluding hydrogens is 454 g/mol. The molecule has 0 unspecified atom stereocenters. The fourth-order valence-corrected chi connectivity index (χ4v) is 3.81. The van der Waals surface area contributed by atoms with Crippen LogP contribution in [0.25, 0.3) is 39.1 Å². The van der Waals surface area contributed by atoms with Crippen molar-refractivity contribution >= 4 is 22.5 Å². The highest BCUT2D eigenvalue weighted by Crippen LogP contribution is 2.24. The number of anilines is 2. The van der Waals surface area contributed by atoms with Crippen molar-refractivity contribution < 1.29 is 4.74 Å². The van der Waals surface area contributed by atoms with E-state index in [0.29, 0.717) is 17.7 Å². The second-order valence-electron chi connectivity index (χ2n) is 8.14. The van der Waals surface area contributed by atoms with E-state index in [4.69, 9.17) is 9.72 Å². The molecule has 10 nitrogen and oxygen atoms in total. The maximum absolute atomic E-state index is 5.10. The van der Waals surface area contributed by atoms with E-state index in [9.17, 15) is 0 Å². The number of fused-ring (bicyclic) bond motifs is 1. The molecule has 2 aromatic carbocycles. The van der Waals surface area contributed by atoms with Crippen LogP contribution in [0.3, 0.4) is 0 Å². The summed E-state index contributed by atoms with van der Waals surface area (Å²) in [5, 5.41) is 13.1. The summed E-state index contributed by atoms with van der Waals surface area (Å²) in [4.78, 5) is 17.8. The number of aryl methyl sites for hydroxylation is 1. The van der Waals surface area contributed by atoms with Crippen molar-refractivity contribution in [2.45, 2.75) is 0 Å².